The number of alkyl halides is 1. The monoisotopic (exact) mass is 196 g/mol. The summed E-state index contributed by atoms with van der Waals surface area (Å²) in [6, 6.07) is 0. The molecule has 0 aliphatic rings. The van der Waals surface area contributed by atoms with E-state index in [2.05, 4.69) is 15.9 Å². The maximum atomic E-state index is 9.18. The standard InChI is InChI=1S/C6H13BrO2/c1-6(2,4-8)5(9)3-7/h5,8-9H,3-4H2,1-2H3. The first kappa shape index (κ1) is 9.40. The van der Waals surface area contributed by atoms with Crippen molar-refractivity contribution in [3.05, 3.63) is 0 Å². The quantitative estimate of drug-likeness (QED) is 0.655. The Labute approximate surface area is 64.0 Å². The van der Waals surface area contributed by atoms with E-state index in [9.17, 15) is 5.11 Å². The van der Waals surface area contributed by atoms with Crippen molar-refractivity contribution in [1.29, 1.82) is 0 Å². The lowest BCUT2D eigenvalue weighted by Crippen LogP contribution is -2.33. The normalized spacial score (nSPS) is 15.7. The van der Waals surface area contributed by atoms with Gasteiger partial charge in [0.05, 0.1) is 12.7 Å². The van der Waals surface area contributed by atoms with Crippen molar-refractivity contribution in [2.45, 2.75) is 20.0 Å². The van der Waals surface area contributed by atoms with Crippen LogP contribution < -0.4 is 0 Å². The van der Waals surface area contributed by atoms with Crippen molar-refractivity contribution in [2.24, 2.45) is 5.41 Å². The molecule has 0 bridgehead atoms. The van der Waals surface area contributed by atoms with Crippen LogP contribution in [-0.2, 0) is 0 Å². The number of aliphatic hydroxyl groups excluding tert-OH is 2. The fraction of sp³-hybridized carbons (Fsp3) is 1.00. The molecule has 0 saturated carbocycles. The van der Waals surface area contributed by atoms with Crippen LogP contribution in [0.25, 0.3) is 0 Å². The molecule has 0 aromatic carbocycles. The zero-order valence-corrected chi connectivity index (χ0v) is 7.35. The lowest BCUT2D eigenvalue weighted by molar-refractivity contribution is 0.0240. The minimum absolute atomic E-state index is 0.0137. The maximum Gasteiger partial charge on any atom is 0.0709 e. The number of hydrogen-bond acceptors (Lipinski definition) is 2. The lowest BCUT2D eigenvalue weighted by atomic mass is 9.89. The summed E-state index contributed by atoms with van der Waals surface area (Å²) in [6.45, 7) is 3.65. The van der Waals surface area contributed by atoms with Gasteiger partial charge >= 0.3 is 0 Å². The minimum Gasteiger partial charge on any atom is -0.396 e. The largest absolute Gasteiger partial charge is 0.396 e. The van der Waals surface area contributed by atoms with Crippen LogP contribution in [0.1, 0.15) is 13.8 Å². The Morgan fingerprint density at radius 2 is 2.00 bits per heavy atom. The van der Waals surface area contributed by atoms with Crippen LogP contribution in [0.2, 0.25) is 0 Å². The van der Waals surface area contributed by atoms with E-state index in [1.54, 1.807) is 0 Å². The molecule has 3 heteroatoms. The van der Waals surface area contributed by atoms with Crippen LogP contribution >= 0.6 is 15.9 Å². The van der Waals surface area contributed by atoms with E-state index < -0.39 is 6.10 Å². The zero-order valence-electron chi connectivity index (χ0n) is 5.76. The fourth-order valence-electron chi connectivity index (χ4n) is 0.314. The van der Waals surface area contributed by atoms with Gasteiger partial charge in [-0.25, -0.2) is 0 Å². The Morgan fingerprint density at radius 1 is 1.56 bits per heavy atom. The number of halogens is 1. The molecule has 56 valence electrons. The molecule has 0 aliphatic carbocycles. The van der Waals surface area contributed by atoms with Crippen molar-refractivity contribution < 1.29 is 10.2 Å². The van der Waals surface area contributed by atoms with Crippen LogP contribution in [0.15, 0.2) is 0 Å². The van der Waals surface area contributed by atoms with Crippen LogP contribution in [-0.4, -0.2) is 28.3 Å². The highest BCUT2D eigenvalue weighted by atomic mass is 79.9. The minimum atomic E-state index is -0.470. The van der Waals surface area contributed by atoms with Crippen LogP contribution in [0.3, 0.4) is 0 Å². The summed E-state index contributed by atoms with van der Waals surface area (Å²) in [7, 11) is 0. The summed E-state index contributed by atoms with van der Waals surface area (Å²) in [6.07, 6.45) is -0.470. The third-order valence-corrected chi connectivity index (χ3v) is 2.07. The molecule has 2 N–H and O–H groups in total. The third-order valence-electron chi connectivity index (χ3n) is 1.46. The van der Waals surface area contributed by atoms with Crippen LogP contribution in [0, 0.1) is 5.41 Å². The van der Waals surface area contributed by atoms with Crippen LogP contribution in [0.5, 0.6) is 0 Å². The second-order valence-corrected chi connectivity index (χ2v) is 3.46. The van der Waals surface area contributed by atoms with E-state index in [0.717, 1.165) is 0 Å². The predicted octanol–water partition coefficient (Wildman–Crippen LogP) is 0.761. The summed E-state index contributed by atoms with van der Waals surface area (Å²) in [5.74, 6) is 0. The molecule has 0 saturated heterocycles. The van der Waals surface area contributed by atoms with Crippen molar-refractivity contribution in [1.82, 2.24) is 0 Å². The number of aliphatic hydroxyl groups is 2. The molecule has 1 atom stereocenters. The molecule has 0 amide bonds. The third kappa shape index (κ3) is 2.65. The second kappa shape index (κ2) is 3.54. The van der Waals surface area contributed by atoms with Gasteiger partial charge in [0.1, 0.15) is 0 Å². The molecule has 0 aliphatic heterocycles. The summed E-state index contributed by atoms with van der Waals surface area (Å²) in [5.41, 5.74) is -0.385. The van der Waals surface area contributed by atoms with Crippen molar-refractivity contribution in [2.75, 3.05) is 11.9 Å². The van der Waals surface area contributed by atoms with Gasteiger partial charge in [0.2, 0.25) is 0 Å². The first-order chi connectivity index (χ1) is 4.04. The second-order valence-electron chi connectivity index (χ2n) is 2.82. The van der Waals surface area contributed by atoms with Gasteiger partial charge in [-0.1, -0.05) is 29.8 Å². The summed E-state index contributed by atoms with van der Waals surface area (Å²) < 4.78 is 0. The molecule has 0 radical (unpaired) electrons. The molecule has 0 heterocycles. The molecular weight excluding hydrogens is 184 g/mol. The fourth-order valence-corrected chi connectivity index (χ4v) is 1.19. The summed E-state index contributed by atoms with van der Waals surface area (Å²) in [4.78, 5) is 0. The van der Waals surface area contributed by atoms with Crippen molar-refractivity contribution in [3.63, 3.8) is 0 Å². The molecule has 0 aromatic heterocycles. The van der Waals surface area contributed by atoms with E-state index in [4.69, 9.17) is 5.11 Å². The van der Waals surface area contributed by atoms with Crippen LogP contribution in [0.4, 0.5) is 0 Å². The first-order valence-electron chi connectivity index (χ1n) is 2.89. The van der Waals surface area contributed by atoms with Gasteiger partial charge in [-0.05, 0) is 0 Å². The number of rotatable bonds is 3. The summed E-state index contributed by atoms with van der Waals surface area (Å²) in [5, 5.41) is 18.4. The van der Waals surface area contributed by atoms with E-state index >= 15 is 0 Å². The molecular formula is C6H13BrO2. The molecule has 0 spiro atoms. The van der Waals surface area contributed by atoms with Crippen molar-refractivity contribution >= 4 is 15.9 Å². The molecule has 9 heavy (non-hydrogen) atoms. The Kier molecular flexibility index (Phi) is 3.70. The van der Waals surface area contributed by atoms with Gasteiger partial charge in [0, 0.05) is 10.7 Å². The van der Waals surface area contributed by atoms with E-state index in [-0.39, 0.29) is 12.0 Å². The Hall–Kier alpha value is 0.400. The lowest BCUT2D eigenvalue weighted by Gasteiger charge is -2.26. The summed E-state index contributed by atoms with van der Waals surface area (Å²) >= 11 is 3.13. The average Bonchev–Trinajstić information content (AvgIpc) is 1.86. The maximum absolute atomic E-state index is 9.18. The highest BCUT2D eigenvalue weighted by Gasteiger charge is 2.25. The molecule has 1 unspecified atom stereocenters. The SMILES string of the molecule is CC(C)(CO)C(O)CBr. The molecule has 0 fully saturated rings. The average molecular weight is 197 g/mol. The van der Waals surface area contributed by atoms with Gasteiger partial charge in [0.25, 0.3) is 0 Å². The van der Waals surface area contributed by atoms with E-state index in [1.807, 2.05) is 13.8 Å². The Bertz CT molecular complexity index is 83.1. The Balaban J connectivity index is 3.80. The smallest absolute Gasteiger partial charge is 0.0709 e. The topological polar surface area (TPSA) is 40.5 Å². The van der Waals surface area contributed by atoms with E-state index in [0.29, 0.717) is 5.33 Å². The van der Waals surface area contributed by atoms with Gasteiger partial charge in [-0.2, -0.15) is 0 Å². The first-order valence-corrected chi connectivity index (χ1v) is 4.01. The molecule has 0 rings (SSSR count). The van der Waals surface area contributed by atoms with Gasteiger partial charge in [-0.15, -0.1) is 0 Å². The zero-order chi connectivity index (χ0) is 7.49. The predicted molar refractivity (Wildman–Crippen MR) is 40.7 cm³/mol. The van der Waals surface area contributed by atoms with Crippen molar-refractivity contribution in [3.8, 4) is 0 Å². The van der Waals surface area contributed by atoms with Gasteiger partial charge < -0.3 is 10.2 Å². The number of hydrogen-bond donors (Lipinski definition) is 2. The van der Waals surface area contributed by atoms with Gasteiger partial charge in [-0.3, -0.25) is 0 Å². The molecule has 2 nitrogen and oxygen atoms in total. The highest BCUT2D eigenvalue weighted by Crippen LogP contribution is 2.20. The highest BCUT2D eigenvalue weighted by molar-refractivity contribution is 9.09. The van der Waals surface area contributed by atoms with E-state index in [1.165, 1.54) is 0 Å². The van der Waals surface area contributed by atoms with Gasteiger partial charge in [0.15, 0.2) is 0 Å². The molecule has 0 aromatic rings. The Morgan fingerprint density at radius 3 is 2.11 bits per heavy atom.